The highest BCUT2D eigenvalue weighted by Crippen LogP contribution is 2.20. The maximum absolute atomic E-state index is 12.3. The van der Waals surface area contributed by atoms with Crippen LogP contribution in [0.4, 0.5) is 4.79 Å². The van der Waals surface area contributed by atoms with E-state index in [0.717, 1.165) is 0 Å². The molecule has 3 heterocycles. The summed E-state index contributed by atoms with van der Waals surface area (Å²) in [7, 11) is 1.77. The molecule has 0 saturated carbocycles. The fraction of sp³-hybridized carbons (Fsp3) is 0.462. The molecule has 1 atom stereocenters. The van der Waals surface area contributed by atoms with E-state index in [4.69, 9.17) is 5.26 Å². The largest absolute Gasteiger partial charge is 0.356 e. The molecule has 7 nitrogen and oxygen atoms in total. The van der Waals surface area contributed by atoms with Crippen molar-refractivity contribution in [2.24, 2.45) is 0 Å². The van der Waals surface area contributed by atoms with Gasteiger partial charge < -0.3 is 19.7 Å². The van der Waals surface area contributed by atoms with Crippen LogP contribution in [0.3, 0.4) is 0 Å². The fourth-order valence-corrected chi connectivity index (χ4v) is 2.81. The summed E-state index contributed by atoms with van der Waals surface area (Å²) in [5.74, 6) is -0.117. The molecule has 2 saturated heterocycles. The number of aromatic amines is 1. The van der Waals surface area contributed by atoms with Crippen LogP contribution in [0.5, 0.6) is 0 Å². The van der Waals surface area contributed by atoms with E-state index in [2.05, 4.69) is 4.98 Å². The Morgan fingerprint density at radius 1 is 1.45 bits per heavy atom. The van der Waals surface area contributed by atoms with Crippen LogP contribution in [0.1, 0.15) is 16.1 Å². The molecule has 20 heavy (non-hydrogen) atoms. The Morgan fingerprint density at radius 2 is 2.25 bits per heavy atom. The van der Waals surface area contributed by atoms with Crippen molar-refractivity contribution in [2.45, 2.75) is 6.04 Å². The lowest BCUT2D eigenvalue weighted by Crippen LogP contribution is -2.53. The quantitative estimate of drug-likeness (QED) is 0.786. The molecular formula is C13H15N5O2. The second kappa shape index (κ2) is 4.56. The lowest BCUT2D eigenvalue weighted by Gasteiger charge is -2.36. The van der Waals surface area contributed by atoms with E-state index >= 15 is 0 Å². The van der Waals surface area contributed by atoms with Gasteiger partial charge in [0, 0.05) is 39.4 Å². The number of piperazine rings is 1. The van der Waals surface area contributed by atoms with Crippen LogP contribution in [0.2, 0.25) is 0 Å². The van der Waals surface area contributed by atoms with E-state index in [1.807, 2.05) is 11.0 Å². The summed E-state index contributed by atoms with van der Waals surface area (Å²) < 4.78 is 0. The second-order valence-electron chi connectivity index (χ2n) is 5.18. The van der Waals surface area contributed by atoms with Gasteiger partial charge in [0.1, 0.15) is 11.8 Å². The number of urea groups is 1. The van der Waals surface area contributed by atoms with Gasteiger partial charge in [0.15, 0.2) is 0 Å². The summed E-state index contributed by atoms with van der Waals surface area (Å²) in [5, 5.41) is 8.78. The third kappa shape index (κ3) is 1.90. The molecule has 0 aromatic carbocycles. The highest BCUT2D eigenvalue weighted by Gasteiger charge is 2.40. The molecule has 1 aromatic heterocycles. The van der Waals surface area contributed by atoms with E-state index < -0.39 is 0 Å². The number of amides is 3. The van der Waals surface area contributed by atoms with Crippen LogP contribution in [0.15, 0.2) is 12.3 Å². The average Bonchev–Trinajstić information content (AvgIpc) is 3.04. The first-order valence-corrected chi connectivity index (χ1v) is 6.49. The molecule has 1 N–H and O–H groups in total. The van der Waals surface area contributed by atoms with Crippen LogP contribution in [-0.4, -0.2) is 70.9 Å². The third-order valence-electron chi connectivity index (χ3n) is 3.87. The SMILES string of the molecule is CN1CC2CN(C(=O)c3cc(C#N)c[nH]3)CCN2C1=O. The first-order chi connectivity index (χ1) is 9.60. The summed E-state index contributed by atoms with van der Waals surface area (Å²) >= 11 is 0. The van der Waals surface area contributed by atoms with Crippen LogP contribution in [0.25, 0.3) is 0 Å². The highest BCUT2D eigenvalue weighted by molar-refractivity contribution is 5.93. The number of nitrogens with one attached hydrogen (secondary N) is 1. The zero-order chi connectivity index (χ0) is 14.3. The molecule has 0 aliphatic carbocycles. The Morgan fingerprint density at radius 3 is 2.95 bits per heavy atom. The minimum atomic E-state index is -0.117. The number of hydrogen-bond donors (Lipinski definition) is 1. The van der Waals surface area contributed by atoms with E-state index in [9.17, 15) is 9.59 Å². The number of aromatic nitrogens is 1. The van der Waals surface area contributed by atoms with Gasteiger partial charge in [-0.1, -0.05) is 0 Å². The standard InChI is InChI=1S/C13H15N5O2/c1-16-7-10-8-17(2-3-18(10)13(16)20)12(19)11-4-9(5-14)6-15-11/h4,6,10,15H,2-3,7-8H2,1H3. The number of fused-ring (bicyclic) bond motifs is 1. The topological polar surface area (TPSA) is 83.4 Å². The van der Waals surface area contributed by atoms with E-state index in [1.54, 1.807) is 22.9 Å². The predicted octanol–water partition coefficient (Wildman–Crippen LogP) is 0.0782. The van der Waals surface area contributed by atoms with Crippen molar-refractivity contribution in [3.63, 3.8) is 0 Å². The molecule has 0 radical (unpaired) electrons. The van der Waals surface area contributed by atoms with Gasteiger partial charge in [-0.25, -0.2) is 4.79 Å². The summed E-state index contributed by atoms with van der Waals surface area (Å²) in [6.07, 6.45) is 1.52. The van der Waals surface area contributed by atoms with Crippen LogP contribution in [-0.2, 0) is 0 Å². The minimum absolute atomic E-state index is 0.0359. The van der Waals surface area contributed by atoms with Crippen LogP contribution in [0, 0.1) is 11.3 Å². The van der Waals surface area contributed by atoms with Gasteiger partial charge in [-0.3, -0.25) is 4.79 Å². The van der Waals surface area contributed by atoms with E-state index in [1.165, 1.54) is 6.20 Å². The second-order valence-corrected chi connectivity index (χ2v) is 5.18. The summed E-state index contributed by atoms with van der Waals surface area (Å²) in [6, 6.07) is 3.65. The smallest absolute Gasteiger partial charge is 0.320 e. The number of carbonyl (C=O) groups excluding carboxylic acids is 2. The molecule has 2 aliphatic heterocycles. The summed E-state index contributed by atoms with van der Waals surface area (Å²) in [5.41, 5.74) is 0.871. The van der Waals surface area contributed by atoms with Crippen molar-refractivity contribution in [1.82, 2.24) is 19.7 Å². The van der Waals surface area contributed by atoms with Crippen molar-refractivity contribution < 1.29 is 9.59 Å². The van der Waals surface area contributed by atoms with Crippen molar-refractivity contribution in [1.29, 1.82) is 5.26 Å². The Kier molecular flexibility index (Phi) is 2.86. The molecule has 2 fully saturated rings. The van der Waals surface area contributed by atoms with Gasteiger partial charge in [0.25, 0.3) is 5.91 Å². The monoisotopic (exact) mass is 273 g/mol. The number of H-pyrrole nitrogens is 1. The zero-order valence-electron chi connectivity index (χ0n) is 11.2. The first kappa shape index (κ1) is 12.5. The van der Waals surface area contributed by atoms with Gasteiger partial charge in [-0.05, 0) is 6.07 Å². The van der Waals surface area contributed by atoms with Crippen molar-refractivity contribution in [3.8, 4) is 6.07 Å². The van der Waals surface area contributed by atoms with Gasteiger partial charge >= 0.3 is 6.03 Å². The average molecular weight is 273 g/mol. The van der Waals surface area contributed by atoms with Crippen molar-refractivity contribution >= 4 is 11.9 Å². The van der Waals surface area contributed by atoms with Gasteiger partial charge in [0.2, 0.25) is 0 Å². The normalized spacial score (nSPS) is 21.9. The highest BCUT2D eigenvalue weighted by atomic mass is 16.2. The third-order valence-corrected chi connectivity index (χ3v) is 3.87. The lowest BCUT2D eigenvalue weighted by atomic mass is 10.2. The fourth-order valence-electron chi connectivity index (χ4n) is 2.81. The number of nitrogens with zero attached hydrogens (tertiary/aromatic N) is 4. The predicted molar refractivity (Wildman–Crippen MR) is 69.9 cm³/mol. The van der Waals surface area contributed by atoms with Crippen molar-refractivity contribution in [3.05, 3.63) is 23.5 Å². The summed E-state index contributed by atoms with van der Waals surface area (Å²) in [6.45, 7) is 2.27. The Hall–Kier alpha value is -2.49. The van der Waals surface area contributed by atoms with Crippen LogP contribution >= 0.6 is 0 Å². The zero-order valence-corrected chi connectivity index (χ0v) is 11.2. The van der Waals surface area contributed by atoms with Gasteiger partial charge in [0.05, 0.1) is 11.6 Å². The van der Waals surface area contributed by atoms with E-state index in [0.29, 0.717) is 37.4 Å². The number of hydrogen-bond acceptors (Lipinski definition) is 3. The van der Waals surface area contributed by atoms with E-state index in [-0.39, 0.29) is 18.0 Å². The molecule has 0 bridgehead atoms. The van der Waals surface area contributed by atoms with Crippen LogP contribution < -0.4 is 0 Å². The molecule has 104 valence electrons. The lowest BCUT2D eigenvalue weighted by molar-refractivity contribution is 0.0612. The molecule has 0 spiro atoms. The molecule has 2 aliphatic rings. The Balaban J connectivity index is 1.72. The van der Waals surface area contributed by atoms with Gasteiger partial charge in [-0.2, -0.15) is 5.26 Å². The molecular weight excluding hydrogens is 258 g/mol. The summed E-state index contributed by atoms with van der Waals surface area (Å²) in [4.78, 5) is 32.2. The number of nitriles is 1. The number of carbonyl (C=O) groups is 2. The maximum Gasteiger partial charge on any atom is 0.320 e. The molecule has 3 rings (SSSR count). The molecule has 7 heteroatoms. The molecule has 1 aromatic rings. The number of likely N-dealkylation sites (N-methyl/N-ethyl adjacent to an activating group) is 1. The Bertz CT molecular complexity index is 602. The first-order valence-electron chi connectivity index (χ1n) is 6.49. The minimum Gasteiger partial charge on any atom is -0.356 e. The van der Waals surface area contributed by atoms with Gasteiger partial charge in [-0.15, -0.1) is 0 Å². The molecule has 3 amide bonds. The maximum atomic E-state index is 12.3. The van der Waals surface area contributed by atoms with Crippen molar-refractivity contribution in [2.75, 3.05) is 33.2 Å². The Labute approximate surface area is 116 Å². The molecule has 1 unspecified atom stereocenters. The number of rotatable bonds is 1.